The standard InChI is InChI=1S/C10H19NO/c1-7-5-10(7,6-11)9(12)8-3-2-4-8/h7-9,12H,2-6,11H2,1H3/t7-,9+,10-/m1/s1. The third-order valence-corrected chi connectivity index (χ3v) is 4.07. The maximum atomic E-state index is 10.0. The molecule has 2 aliphatic rings. The second-order valence-corrected chi connectivity index (χ2v) is 4.68. The van der Waals surface area contributed by atoms with Crippen LogP contribution in [-0.2, 0) is 0 Å². The molecule has 0 aromatic heterocycles. The first-order valence-corrected chi connectivity index (χ1v) is 5.09. The summed E-state index contributed by atoms with van der Waals surface area (Å²) in [4.78, 5) is 0. The summed E-state index contributed by atoms with van der Waals surface area (Å²) < 4.78 is 0. The van der Waals surface area contributed by atoms with Gasteiger partial charge in [-0.3, -0.25) is 0 Å². The van der Waals surface area contributed by atoms with E-state index in [1.165, 1.54) is 19.3 Å². The van der Waals surface area contributed by atoms with Gasteiger partial charge in [0.15, 0.2) is 0 Å². The highest BCUT2D eigenvalue weighted by Crippen LogP contribution is 2.57. The molecular formula is C10H19NO. The van der Waals surface area contributed by atoms with Crippen molar-refractivity contribution in [3.8, 4) is 0 Å². The smallest absolute Gasteiger partial charge is 0.0639 e. The normalized spacial score (nSPS) is 43.8. The average molecular weight is 169 g/mol. The molecule has 2 heteroatoms. The second kappa shape index (κ2) is 2.71. The van der Waals surface area contributed by atoms with Crippen LogP contribution in [0.4, 0.5) is 0 Å². The van der Waals surface area contributed by atoms with Gasteiger partial charge in [-0.05, 0) is 31.1 Å². The van der Waals surface area contributed by atoms with E-state index < -0.39 is 0 Å². The molecule has 0 unspecified atom stereocenters. The number of aliphatic hydroxyl groups excluding tert-OH is 1. The lowest BCUT2D eigenvalue weighted by Crippen LogP contribution is -2.39. The summed E-state index contributed by atoms with van der Waals surface area (Å²) in [6, 6.07) is 0. The van der Waals surface area contributed by atoms with Crippen molar-refractivity contribution in [2.24, 2.45) is 23.0 Å². The van der Waals surface area contributed by atoms with Crippen molar-refractivity contribution in [1.29, 1.82) is 0 Å². The molecule has 2 rings (SSSR count). The molecule has 2 nitrogen and oxygen atoms in total. The lowest BCUT2D eigenvalue weighted by Gasteiger charge is -2.35. The van der Waals surface area contributed by atoms with Gasteiger partial charge >= 0.3 is 0 Å². The minimum atomic E-state index is -0.105. The van der Waals surface area contributed by atoms with Crippen LogP contribution in [0, 0.1) is 17.3 Å². The maximum absolute atomic E-state index is 10.0. The Morgan fingerprint density at radius 3 is 2.42 bits per heavy atom. The fraction of sp³-hybridized carbons (Fsp3) is 1.00. The highest BCUT2D eigenvalue weighted by atomic mass is 16.3. The van der Waals surface area contributed by atoms with Gasteiger partial charge < -0.3 is 10.8 Å². The summed E-state index contributed by atoms with van der Waals surface area (Å²) in [5.41, 5.74) is 5.83. The van der Waals surface area contributed by atoms with Gasteiger partial charge in [0.25, 0.3) is 0 Å². The Balaban J connectivity index is 1.97. The zero-order valence-corrected chi connectivity index (χ0v) is 7.79. The molecule has 0 aromatic carbocycles. The summed E-state index contributed by atoms with van der Waals surface area (Å²) in [5.74, 6) is 1.22. The van der Waals surface area contributed by atoms with Crippen molar-refractivity contribution in [3.05, 3.63) is 0 Å². The SMILES string of the molecule is C[C@@H]1C[C@]1(CN)[C@@H](O)C1CCC1. The van der Waals surface area contributed by atoms with Gasteiger partial charge in [0.2, 0.25) is 0 Å². The molecule has 2 fully saturated rings. The van der Waals surface area contributed by atoms with Crippen LogP contribution < -0.4 is 5.73 Å². The summed E-state index contributed by atoms with van der Waals surface area (Å²) in [5, 5.41) is 10.0. The molecule has 2 saturated carbocycles. The Hall–Kier alpha value is -0.0800. The third-order valence-electron chi connectivity index (χ3n) is 4.07. The van der Waals surface area contributed by atoms with E-state index in [1.54, 1.807) is 0 Å². The van der Waals surface area contributed by atoms with Gasteiger partial charge in [-0.1, -0.05) is 13.3 Å². The van der Waals surface area contributed by atoms with Gasteiger partial charge in [-0.25, -0.2) is 0 Å². The highest BCUT2D eigenvalue weighted by Gasteiger charge is 2.57. The van der Waals surface area contributed by atoms with E-state index >= 15 is 0 Å². The first-order chi connectivity index (χ1) is 5.70. The number of nitrogens with two attached hydrogens (primary N) is 1. The number of rotatable bonds is 3. The van der Waals surface area contributed by atoms with Gasteiger partial charge in [0.1, 0.15) is 0 Å². The van der Waals surface area contributed by atoms with Gasteiger partial charge in [0, 0.05) is 12.0 Å². The van der Waals surface area contributed by atoms with Crippen LogP contribution in [0.25, 0.3) is 0 Å². The minimum Gasteiger partial charge on any atom is -0.392 e. The molecule has 0 radical (unpaired) electrons. The van der Waals surface area contributed by atoms with E-state index in [0.29, 0.717) is 18.4 Å². The number of hydrogen-bond donors (Lipinski definition) is 2. The Labute approximate surface area is 74.1 Å². The van der Waals surface area contributed by atoms with Crippen molar-refractivity contribution < 1.29 is 5.11 Å². The summed E-state index contributed by atoms with van der Waals surface area (Å²) >= 11 is 0. The van der Waals surface area contributed by atoms with E-state index in [-0.39, 0.29) is 11.5 Å². The number of aliphatic hydroxyl groups is 1. The molecule has 3 atom stereocenters. The molecule has 0 spiro atoms. The van der Waals surface area contributed by atoms with Crippen molar-refractivity contribution in [2.45, 2.75) is 38.7 Å². The van der Waals surface area contributed by atoms with Crippen molar-refractivity contribution in [2.75, 3.05) is 6.54 Å². The molecule has 3 N–H and O–H groups in total. The van der Waals surface area contributed by atoms with Crippen molar-refractivity contribution >= 4 is 0 Å². The lowest BCUT2D eigenvalue weighted by molar-refractivity contribution is 0.000717. The first-order valence-electron chi connectivity index (χ1n) is 5.09. The van der Waals surface area contributed by atoms with Crippen molar-refractivity contribution in [3.63, 3.8) is 0 Å². The topological polar surface area (TPSA) is 46.2 Å². The zero-order valence-electron chi connectivity index (χ0n) is 7.79. The zero-order chi connectivity index (χ0) is 8.77. The molecule has 12 heavy (non-hydrogen) atoms. The highest BCUT2D eigenvalue weighted by molar-refractivity contribution is 5.07. The van der Waals surface area contributed by atoms with E-state index in [1.807, 2.05) is 0 Å². The monoisotopic (exact) mass is 169 g/mol. The summed E-state index contributed by atoms with van der Waals surface area (Å²) in [6.45, 7) is 2.88. The maximum Gasteiger partial charge on any atom is 0.0639 e. The van der Waals surface area contributed by atoms with Gasteiger partial charge in [-0.15, -0.1) is 0 Å². The molecule has 0 aromatic rings. The minimum absolute atomic E-state index is 0.105. The van der Waals surface area contributed by atoms with Crippen LogP contribution in [0.3, 0.4) is 0 Å². The molecular weight excluding hydrogens is 150 g/mol. The Kier molecular flexibility index (Phi) is 1.92. The quantitative estimate of drug-likeness (QED) is 0.665. The van der Waals surface area contributed by atoms with Gasteiger partial charge in [0.05, 0.1) is 6.10 Å². The van der Waals surface area contributed by atoms with Crippen molar-refractivity contribution in [1.82, 2.24) is 0 Å². The largest absolute Gasteiger partial charge is 0.392 e. The van der Waals surface area contributed by atoms with E-state index in [2.05, 4.69) is 6.92 Å². The van der Waals surface area contributed by atoms with Gasteiger partial charge in [-0.2, -0.15) is 0 Å². The first kappa shape index (κ1) is 8.52. The lowest BCUT2D eigenvalue weighted by atomic mass is 9.74. The molecule has 0 saturated heterocycles. The van der Waals surface area contributed by atoms with Crippen LogP contribution in [0.2, 0.25) is 0 Å². The molecule has 0 bridgehead atoms. The predicted octanol–water partition coefficient (Wildman–Crippen LogP) is 1.13. The van der Waals surface area contributed by atoms with E-state index in [4.69, 9.17) is 5.73 Å². The molecule has 0 amide bonds. The summed E-state index contributed by atoms with van der Waals surface area (Å²) in [7, 11) is 0. The summed E-state index contributed by atoms with van der Waals surface area (Å²) in [6.07, 6.45) is 4.77. The van der Waals surface area contributed by atoms with Crippen LogP contribution in [0.1, 0.15) is 32.6 Å². The molecule has 0 aliphatic heterocycles. The molecule has 70 valence electrons. The van der Waals surface area contributed by atoms with E-state index in [9.17, 15) is 5.11 Å². The van der Waals surface area contributed by atoms with Crippen LogP contribution in [0.5, 0.6) is 0 Å². The Morgan fingerprint density at radius 1 is 1.58 bits per heavy atom. The molecule has 2 aliphatic carbocycles. The Bertz CT molecular complexity index is 175. The predicted molar refractivity (Wildman–Crippen MR) is 48.6 cm³/mol. The number of hydrogen-bond acceptors (Lipinski definition) is 2. The van der Waals surface area contributed by atoms with Crippen LogP contribution >= 0.6 is 0 Å². The van der Waals surface area contributed by atoms with E-state index in [0.717, 1.165) is 6.42 Å². The second-order valence-electron chi connectivity index (χ2n) is 4.68. The third kappa shape index (κ3) is 1.01. The molecule has 0 heterocycles. The average Bonchev–Trinajstić information content (AvgIpc) is 2.59. The Morgan fingerprint density at radius 2 is 2.17 bits per heavy atom. The fourth-order valence-corrected chi connectivity index (χ4v) is 2.55. The van der Waals surface area contributed by atoms with Crippen LogP contribution in [0.15, 0.2) is 0 Å². The fourth-order valence-electron chi connectivity index (χ4n) is 2.55. The van der Waals surface area contributed by atoms with Crippen LogP contribution in [-0.4, -0.2) is 17.8 Å².